The van der Waals surface area contributed by atoms with E-state index in [9.17, 15) is 19.2 Å². The van der Waals surface area contributed by atoms with Crippen LogP contribution in [0.5, 0.6) is 0 Å². The van der Waals surface area contributed by atoms with Crippen LogP contribution in [-0.4, -0.2) is 113 Å². The molecule has 0 spiro atoms. The van der Waals surface area contributed by atoms with Crippen molar-refractivity contribution in [1.82, 2.24) is 15.1 Å². The highest BCUT2D eigenvalue weighted by molar-refractivity contribution is 7.17. The lowest BCUT2D eigenvalue weighted by molar-refractivity contribution is -0.157. The third-order valence-corrected chi connectivity index (χ3v) is 12.2. The molecule has 0 saturated carbocycles. The summed E-state index contributed by atoms with van der Waals surface area (Å²) in [6.07, 6.45) is -1.52. The maximum Gasteiger partial charge on any atom is 0.422 e. The van der Waals surface area contributed by atoms with Crippen molar-refractivity contribution in [2.45, 2.75) is 33.6 Å². The van der Waals surface area contributed by atoms with E-state index in [2.05, 4.69) is 27.5 Å². The number of anilines is 5. The number of benzene rings is 2. The van der Waals surface area contributed by atoms with Crippen molar-refractivity contribution in [3.63, 3.8) is 0 Å². The number of aryl methyl sites for hydroxylation is 2. The van der Waals surface area contributed by atoms with Crippen LogP contribution in [0.1, 0.15) is 40.6 Å². The zero-order chi connectivity index (χ0) is 42.3. The highest BCUT2D eigenvalue weighted by atomic mass is 32.1. The smallest absolute Gasteiger partial charge is 0.422 e. The molecule has 2 aromatic heterocycles. The van der Waals surface area contributed by atoms with Gasteiger partial charge in [0, 0.05) is 48.9 Å². The van der Waals surface area contributed by atoms with Crippen LogP contribution in [0.4, 0.5) is 42.3 Å². The van der Waals surface area contributed by atoms with Crippen LogP contribution in [0.15, 0.2) is 70.6 Å². The van der Waals surface area contributed by atoms with Gasteiger partial charge in [0.1, 0.15) is 21.7 Å². The molecule has 316 valence electrons. The summed E-state index contributed by atoms with van der Waals surface area (Å²) in [6.45, 7) is 8.85. The van der Waals surface area contributed by atoms with Gasteiger partial charge in [-0.25, -0.2) is 24.4 Å². The van der Waals surface area contributed by atoms with Crippen molar-refractivity contribution >= 4 is 91.2 Å². The minimum absolute atomic E-state index is 0.0853. The summed E-state index contributed by atoms with van der Waals surface area (Å²) in [5, 5.41) is 7.74. The number of carbonyl (C=O) groups excluding carboxylic acids is 4. The molecule has 4 aromatic rings. The molecule has 7 rings (SSSR count). The van der Waals surface area contributed by atoms with Gasteiger partial charge in [0.15, 0.2) is 0 Å². The van der Waals surface area contributed by atoms with Gasteiger partial charge in [-0.3, -0.25) is 14.6 Å². The lowest BCUT2D eigenvalue weighted by atomic mass is 10.1. The summed E-state index contributed by atoms with van der Waals surface area (Å²) >= 11 is 2.87. The van der Waals surface area contributed by atoms with E-state index in [-0.39, 0.29) is 12.8 Å². The molecular weight excluding hydrogens is 809 g/mol. The molecule has 1 atom stereocenters. The molecule has 0 radical (unpaired) electrons. The topological polar surface area (TPSA) is 167 Å². The van der Waals surface area contributed by atoms with E-state index in [1.807, 2.05) is 75.5 Å². The Labute approximate surface area is 356 Å². The van der Waals surface area contributed by atoms with Crippen LogP contribution in [0.2, 0.25) is 0 Å². The number of nitrogens with one attached hydrogen (secondary N) is 2. The molecule has 5 heterocycles. The van der Waals surface area contributed by atoms with Crippen molar-refractivity contribution < 1.29 is 38.1 Å². The Morgan fingerprint density at radius 3 is 2.17 bits per heavy atom. The van der Waals surface area contributed by atoms with Crippen molar-refractivity contribution in [1.29, 1.82) is 0 Å². The van der Waals surface area contributed by atoms with Crippen LogP contribution in [-0.2, 0) is 28.5 Å². The molecule has 3 aliphatic rings. The quantitative estimate of drug-likeness (QED) is 0.0892. The first-order valence-electron chi connectivity index (χ1n) is 19.7. The third-order valence-electron chi connectivity index (χ3n) is 10.1. The minimum atomic E-state index is -0.737. The maximum absolute atomic E-state index is 13.7. The van der Waals surface area contributed by atoms with Gasteiger partial charge in [-0.05, 0) is 70.8 Å². The highest BCUT2D eigenvalue weighted by Gasteiger charge is 2.34. The van der Waals surface area contributed by atoms with E-state index >= 15 is 0 Å². The Morgan fingerprint density at radius 1 is 0.833 bits per heavy atom. The van der Waals surface area contributed by atoms with E-state index in [4.69, 9.17) is 28.9 Å². The Hall–Kier alpha value is -5.82. The van der Waals surface area contributed by atoms with Crippen molar-refractivity contribution in [3.8, 4) is 0 Å². The van der Waals surface area contributed by atoms with Crippen LogP contribution in [0.3, 0.4) is 0 Å². The van der Waals surface area contributed by atoms with E-state index in [1.54, 1.807) is 13.0 Å². The first-order chi connectivity index (χ1) is 29.0. The number of carbonyl (C=O) groups is 4. The number of nitrogens with zero attached hydrogens (tertiary/aromatic N) is 6. The maximum atomic E-state index is 13.7. The number of ether oxygens (including phenoxy) is 4. The Bertz CT molecular complexity index is 2300. The number of piperazine rings is 1. The van der Waals surface area contributed by atoms with Gasteiger partial charge in [0.2, 0.25) is 13.6 Å². The molecule has 16 nitrogen and oxygen atoms in total. The average molecular weight is 857 g/mol. The predicted octanol–water partition coefficient (Wildman–Crippen LogP) is 7.12. The molecular formula is C42H48N8O8S2. The number of amides is 2. The molecule has 1 unspecified atom stereocenters. The number of rotatable bonds is 11. The SMILES string of the molecule is CNCCN=C1Nc2ccccc2N(C(=O)OCOC(=O)C(C)CCC(=O)OCOC(=O)N2c3ccccc3N=C(N3CCN(C)CC3)c3cc(C)sc32)c2sc(C)cc21. The molecule has 2 N–H and O–H groups in total. The van der Waals surface area contributed by atoms with Gasteiger partial charge >= 0.3 is 24.1 Å². The molecule has 1 saturated heterocycles. The van der Waals surface area contributed by atoms with E-state index in [0.717, 1.165) is 52.9 Å². The fourth-order valence-electron chi connectivity index (χ4n) is 6.88. The molecule has 0 aliphatic carbocycles. The van der Waals surface area contributed by atoms with Crippen molar-refractivity contribution in [3.05, 3.63) is 81.5 Å². The fourth-order valence-corrected chi connectivity index (χ4v) is 8.90. The van der Waals surface area contributed by atoms with Crippen LogP contribution < -0.4 is 20.4 Å². The fraction of sp³-hybridized carbons (Fsp3) is 0.381. The second kappa shape index (κ2) is 19.1. The van der Waals surface area contributed by atoms with E-state index in [1.165, 1.54) is 32.5 Å². The second-order valence-electron chi connectivity index (χ2n) is 14.5. The van der Waals surface area contributed by atoms with Gasteiger partial charge in [-0.1, -0.05) is 31.2 Å². The summed E-state index contributed by atoms with van der Waals surface area (Å²) < 4.78 is 21.6. The number of fused-ring (bicyclic) bond motifs is 4. The third kappa shape index (κ3) is 9.46. The first kappa shape index (κ1) is 42.3. The first-order valence-corrected chi connectivity index (χ1v) is 21.3. The Balaban J connectivity index is 0.907. The summed E-state index contributed by atoms with van der Waals surface area (Å²) in [5.41, 5.74) is 3.97. The average Bonchev–Trinajstić information content (AvgIpc) is 3.74. The second-order valence-corrected chi connectivity index (χ2v) is 17.0. The van der Waals surface area contributed by atoms with Crippen molar-refractivity contribution in [2.75, 3.05) is 82.1 Å². The molecule has 2 amide bonds. The highest BCUT2D eigenvalue weighted by Crippen LogP contribution is 2.45. The Kier molecular flexibility index (Phi) is 13.4. The number of amidine groups is 2. The molecule has 1 fully saturated rings. The molecule has 18 heteroatoms. The normalized spacial score (nSPS) is 15.9. The monoisotopic (exact) mass is 856 g/mol. The van der Waals surface area contributed by atoms with Crippen LogP contribution >= 0.6 is 22.7 Å². The van der Waals surface area contributed by atoms with Gasteiger partial charge in [0.25, 0.3) is 0 Å². The largest absolute Gasteiger partial charge is 0.428 e. The minimum Gasteiger partial charge on any atom is -0.428 e. The zero-order valence-electron chi connectivity index (χ0n) is 34.2. The van der Waals surface area contributed by atoms with Gasteiger partial charge < -0.3 is 39.4 Å². The number of likely N-dealkylation sites (N-methyl/N-ethyl adjacent to an activating group) is 2. The molecule has 3 aliphatic heterocycles. The number of hydrogen-bond donors (Lipinski definition) is 2. The summed E-state index contributed by atoms with van der Waals surface area (Å²) in [7, 11) is 3.95. The van der Waals surface area contributed by atoms with E-state index in [0.29, 0.717) is 51.7 Å². The number of thiophene rings is 2. The van der Waals surface area contributed by atoms with Gasteiger partial charge in [-0.2, -0.15) is 0 Å². The molecule has 60 heavy (non-hydrogen) atoms. The van der Waals surface area contributed by atoms with Gasteiger partial charge in [-0.15, -0.1) is 22.7 Å². The number of hydrogen-bond acceptors (Lipinski definition) is 15. The van der Waals surface area contributed by atoms with E-state index < -0.39 is 43.6 Å². The lowest BCUT2D eigenvalue weighted by Gasteiger charge is -2.34. The summed E-state index contributed by atoms with van der Waals surface area (Å²) in [5.74, 6) is -0.622. The number of esters is 2. The molecule has 0 bridgehead atoms. The van der Waals surface area contributed by atoms with Gasteiger partial charge in [0.05, 0.1) is 46.3 Å². The summed E-state index contributed by atoms with van der Waals surface area (Å²) in [4.78, 5) is 72.2. The van der Waals surface area contributed by atoms with Crippen molar-refractivity contribution in [2.24, 2.45) is 15.9 Å². The number of para-hydroxylation sites is 4. The predicted molar refractivity (Wildman–Crippen MR) is 233 cm³/mol. The lowest BCUT2D eigenvalue weighted by Crippen LogP contribution is -2.47. The number of aliphatic imine (C=N–C) groups is 2. The summed E-state index contributed by atoms with van der Waals surface area (Å²) in [6, 6.07) is 18.7. The van der Waals surface area contributed by atoms with Crippen LogP contribution in [0, 0.1) is 19.8 Å². The Morgan fingerprint density at radius 2 is 1.45 bits per heavy atom. The molecule has 2 aromatic carbocycles. The standard InChI is InChI=1S/C42H48N8O8S2/c1-26(40(52)56-25-58-41(53)49-33-12-8-6-10-31(33)45-36(44-17-16-43-4)29-22-27(2)59-38(29)49)14-15-35(51)55-24-57-42(54)50-34-13-9-7-11-32(34)46-37(30-23-28(3)60-39(30)50)48-20-18-47(5)19-21-48/h6-13,22-23,26,43H,14-21,24-25H2,1-5H3,(H,44,45). The van der Waals surface area contributed by atoms with Crippen LogP contribution in [0.25, 0.3) is 0 Å². The zero-order valence-corrected chi connectivity index (χ0v) is 35.8.